The van der Waals surface area contributed by atoms with Crippen LogP contribution in [0.25, 0.3) is 0 Å². The third kappa shape index (κ3) is 8.22. The van der Waals surface area contributed by atoms with E-state index in [9.17, 15) is 15.0 Å². The SMILES string of the molecule is CC(=O)O[C@@]12CCc3cc(c(O)c4c3[C@H]3C=C[C@@]5(CCC[C@H]5C3)O4)CN3C[C@]4(CC3=O)[C@@H](c3ccccc3)CC[C@]43C#CC[C@H]4CC[C@@]5(CCC[C@]5(NC(N)=NC3)SSCCCCC[C@@H](CC1)[C@H](O)C2)C4. The van der Waals surface area contributed by atoms with Crippen molar-refractivity contribution in [3.8, 4) is 23.3 Å². The first kappa shape index (κ1) is 48.2. The summed E-state index contributed by atoms with van der Waals surface area (Å²) in [6.45, 7) is 2.64. The Labute approximate surface area is 429 Å². The van der Waals surface area contributed by atoms with Gasteiger partial charge in [0.15, 0.2) is 17.5 Å². The molecule has 14 rings (SSSR count). The summed E-state index contributed by atoms with van der Waals surface area (Å²) in [6.07, 6.45) is 25.3. The molecule has 6 fully saturated rings. The van der Waals surface area contributed by atoms with Gasteiger partial charge in [-0.15, -0.1) is 5.92 Å². The largest absolute Gasteiger partial charge is 0.504 e. The van der Waals surface area contributed by atoms with Crippen LogP contribution < -0.4 is 15.8 Å². The molecule has 71 heavy (non-hydrogen) atoms. The maximum atomic E-state index is 15.2. The number of hydrogen-bond donors (Lipinski definition) is 4. The third-order valence-electron chi connectivity index (χ3n) is 20.5. The average Bonchev–Trinajstić information content (AvgIpc) is 4.14. The van der Waals surface area contributed by atoms with Crippen molar-refractivity contribution in [2.24, 2.45) is 44.7 Å². The van der Waals surface area contributed by atoms with Crippen molar-refractivity contribution >= 4 is 39.4 Å². The zero-order valence-electron chi connectivity index (χ0n) is 42.0. The van der Waals surface area contributed by atoms with E-state index in [0.717, 1.165) is 107 Å². The molecule has 380 valence electrons. The fourth-order valence-electron chi connectivity index (χ4n) is 17.0. The van der Waals surface area contributed by atoms with E-state index in [0.29, 0.717) is 74.3 Å². The molecule has 5 spiro atoms. The second kappa shape index (κ2) is 18.5. The number of fused-ring (bicyclic) bond motifs is 10. The van der Waals surface area contributed by atoms with Crippen molar-refractivity contribution in [1.82, 2.24) is 10.2 Å². The van der Waals surface area contributed by atoms with Crippen molar-refractivity contribution in [2.45, 2.75) is 195 Å². The predicted molar refractivity (Wildman–Crippen MR) is 282 cm³/mol. The summed E-state index contributed by atoms with van der Waals surface area (Å²) in [5, 5.41) is 28.6. The standard InChI is InChI=1S/C59H76N4O6S2/c1-39(64)68-56-27-17-42(48(65)34-56)14-6-3-7-30-70-71-59-24-10-22-54(59)25-16-40(33-54)11-8-21-55(37-61-53(60)62-59)26-20-47(41-12-4-2-5-13-41)57(55)35-49(66)63(38-57)36-45-31-43(18-28-56)50-44-19-29-58(69-52(50)51(45)67)23-9-15-46(58)32-44/h2,4-5,12-13,19,29,31,40,42,44,46-48,65,67H,3,6-7,9-11,14-18,20,22-28,30,32-38H2,1H3,(H3,60,61,62)/t40-,42-,44-,46-,47+,48+,54-,55-,56+,57+,58+,59-/m0/s1. The number of nitrogens with one attached hydrogen (secondary N) is 1. The van der Waals surface area contributed by atoms with Gasteiger partial charge in [-0.2, -0.15) is 0 Å². The molecule has 12 heteroatoms. The Bertz CT molecular complexity index is 2550. The second-order valence-corrected chi connectivity index (χ2v) is 27.0. The first-order chi connectivity index (χ1) is 34.4. The van der Waals surface area contributed by atoms with Crippen molar-refractivity contribution in [2.75, 3.05) is 18.8 Å². The van der Waals surface area contributed by atoms with E-state index in [4.69, 9.17) is 20.2 Å². The van der Waals surface area contributed by atoms with Gasteiger partial charge in [-0.1, -0.05) is 76.8 Å². The molecule has 6 heterocycles. The highest BCUT2D eigenvalue weighted by Crippen LogP contribution is 2.67. The number of aliphatic imine (C=N–C) groups is 1. The number of benzene rings is 2. The molecule has 10 nitrogen and oxygen atoms in total. The van der Waals surface area contributed by atoms with E-state index in [1.54, 1.807) is 0 Å². The van der Waals surface area contributed by atoms with Gasteiger partial charge < -0.3 is 35.6 Å². The van der Waals surface area contributed by atoms with Crippen LogP contribution in [0.2, 0.25) is 0 Å². The predicted octanol–water partition coefficient (Wildman–Crippen LogP) is 11.0. The summed E-state index contributed by atoms with van der Waals surface area (Å²) in [6, 6.07) is 12.9. The number of nitrogens with zero attached hydrogens (tertiary/aromatic N) is 2. The minimum atomic E-state index is -0.799. The molecule has 5 N–H and O–H groups in total. The van der Waals surface area contributed by atoms with Crippen molar-refractivity contribution in [3.05, 3.63) is 70.8 Å². The Balaban J connectivity index is 0.963. The summed E-state index contributed by atoms with van der Waals surface area (Å²) >= 11 is 0. The lowest BCUT2D eigenvalue weighted by molar-refractivity contribution is -0.168. The number of rotatable bonds is 2. The minimum absolute atomic E-state index is 0.0685. The number of aliphatic hydroxyl groups is 1. The molecule has 6 aliphatic carbocycles. The fourth-order valence-corrected chi connectivity index (χ4v) is 20.5. The number of esters is 1. The van der Waals surface area contributed by atoms with Gasteiger partial charge >= 0.3 is 5.97 Å². The molecule has 1 amide bonds. The number of aliphatic hydroxyl groups excluding tert-OH is 1. The molecular weight excluding hydrogens is 925 g/mol. The first-order valence-electron chi connectivity index (χ1n) is 27.7. The number of phenols is 1. The number of phenolic OH excluding ortho intramolecular Hbond substituents is 1. The van der Waals surface area contributed by atoms with E-state index in [1.807, 2.05) is 26.5 Å². The van der Waals surface area contributed by atoms with Gasteiger partial charge in [0, 0.05) is 78.8 Å². The van der Waals surface area contributed by atoms with Gasteiger partial charge in [0.25, 0.3) is 0 Å². The van der Waals surface area contributed by atoms with E-state index in [2.05, 4.69) is 65.7 Å². The summed E-state index contributed by atoms with van der Waals surface area (Å²) in [4.78, 5) is 35.3. The molecule has 2 aromatic rings. The van der Waals surface area contributed by atoms with Gasteiger partial charge in [0.05, 0.1) is 18.1 Å². The number of carbonyl (C=O) groups is 2. The highest BCUT2D eigenvalue weighted by molar-refractivity contribution is 8.77. The van der Waals surface area contributed by atoms with Crippen LogP contribution in [0.15, 0.2) is 53.5 Å². The molecule has 12 atom stereocenters. The number of aryl methyl sites for hydroxylation is 1. The van der Waals surface area contributed by atoms with Crippen molar-refractivity contribution in [3.63, 3.8) is 0 Å². The van der Waals surface area contributed by atoms with Gasteiger partial charge in [-0.3, -0.25) is 14.6 Å². The number of ether oxygens (including phenoxy) is 2. The van der Waals surface area contributed by atoms with Crippen LogP contribution in [0.1, 0.15) is 182 Å². The van der Waals surface area contributed by atoms with Crippen LogP contribution >= 0.6 is 21.6 Å². The van der Waals surface area contributed by atoms with E-state index in [1.165, 1.54) is 38.2 Å². The van der Waals surface area contributed by atoms with Crippen LogP contribution in [0.4, 0.5) is 0 Å². The molecule has 6 aliphatic heterocycles. The van der Waals surface area contributed by atoms with Gasteiger partial charge in [-0.25, -0.2) is 0 Å². The molecular formula is C59H76N4O6S2. The molecule has 12 bridgehead atoms. The summed E-state index contributed by atoms with van der Waals surface area (Å²) in [5.74, 6) is 11.1. The number of allylic oxidation sites excluding steroid dienone is 1. The van der Waals surface area contributed by atoms with Crippen LogP contribution in [0.5, 0.6) is 11.5 Å². The molecule has 12 aliphatic rings. The van der Waals surface area contributed by atoms with E-state index in [-0.39, 0.29) is 52.2 Å². The summed E-state index contributed by atoms with van der Waals surface area (Å²) in [7, 11) is 4.02. The van der Waals surface area contributed by atoms with Gasteiger partial charge in [-0.05, 0) is 157 Å². The Morgan fingerprint density at radius 3 is 2.72 bits per heavy atom. The molecule has 0 unspecified atom stereocenters. The molecule has 0 aromatic heterocycles. The van der Waals surface area contributed by atoms with Gasteiger partial charge in [0.1, 0.15) is 16.1 Å². The van der Waals surface area contributed by atoms with Gasteiger partial charge in [0.2, 0.25) is 5.91 Å². The Hall–Kier alpha value is -3.79. The second-order valence-electron chi connectivity index (χ2n) is 24.3. The minimum Gasteiger partial charge on any atom is -0.504 e. The number of hydrogen-bond acceptors (Lipinski definition) is 11. The van der Waals surface area contributed by atoms with Crippen LogP contribution in [-0.2, 0) is 27.3 Å². The Morgan fingerprint density at radius 1 is 0.972 bits per heavy atom. The molecule has 1 saturated heterocycles. The lowest BCUT2D eigenvalue weighted by Crippen LogP contribution is -2.56. The smallest absolute Gasteiger partial charge is 0.303 e. The fraction of sp³-hybridized carbons (Fsp3) is 0.678. The number of amides is 1. The molecule has 0 radical (unpaired) electrons. The highest BCUT2D eigenvalue weighted by Gasteiger charge is 2.65. The normalized spacial score (nSPS) is 40.8. The van der Waals surface area contributed by atoms with E-state index < -0.39 is 28.1 Å². The third-order valence-corrected chi connectivity index (χ3v) is 23.8. The summed E-state index contributed by atoms with van der Waals surface area (Å²) in [5.41, 5.74) is 8.92. The number of carbonyl (C=O) groups excluding carboxylic acids is 2. The molecule has 2 aromatic carbocycles. The highest BCUT2D eigenvalue weighted by atomic mass is 33.1. The van der Waals surface area contributed by atoms with Crippen molar-refractivity contribution in [1.29, 1.82) is 0 Å². The lowest BCUT2D eigenvalue weighted by Gasteiger charge is -2.45. The van der Waals surface area contributed by atoms with Crippen molar-refractivity contribution < 1.29 is 29.3 Å². The maximum Gasteiger partial charge on any atom is 0.303 e. The average molecular weight is 1000 g/mol. The van der Waals surface area contributed by atoms with Crippen LogP contribution in [0, 0.1) is 45.8 Å². The van der Waals surface area contributed by atoms with E-state index >= 15 is 4.79 Å². The molecule has 5 saturated carbocycles. The number of aromatic hydroxyl groups is 1. The Morgan fingerprint density at radius 2 is 1.86 bits per heavy atom. The number of nitrogens with two attached hydrogens (primary N) is 1. The van der Waals surface area contributed by atoms with Crippen LogP contribution in [0.3, 0.4) is 0 Å². The zero-order valence-corrected chi connectivity index (χ0v) is 43.6. The monoisotopic (exact) mass is 1000 g/mol. The quantitative estimate of drug-likeness (QED) is 0.0992. The lowest BCUT2D eigenvalue weighted by atomic mass is 9.60. The summed E-state index contributed by atoms with van der Waals surface area (Å²) < 4.78 is 13.5. The van der Waals surface area contributed by atoms with Crippen LogP contribution in [-0.4, -0.2) is 74.0 Å². The Kier molecular flexibility index (Phi) is 12.6. The zero-order chi connectivity index (χ0) is 48.6. The number of guanidine groups is 1. The maximum absolute atomic E-state index is 15.2. The topological polar surface area (TPSA) is 147 Å². The first-order valence-corrected chi connectivity index (χ1v) is 30.0.